The molecule has 4 rings (SSSR count). The maximum absolute atomic E-state index is 4.77. The van der Waals surface area contributed by atoms with Crippen LogP contribution in [-0.2, 0) is 0 Å². The Labute approximate surface area is 136 Å². The van der Waals surface area contributed by atoms with E-state index in [-0.39, 0.29) is 0 Å². The number of hydrogen-bond donors (Lipinski definition) is 0. The molecule has 1 fully saturated rings. The van der Waals surface area contributed by atoms with Crippen LogP contribution in [0, 0.1) is 6.92 Å². The third kappa shape index (κ3) is 2.52. The molecule has 3 aromatic heterocycles. The highest BCUT2D eigenvalue weighted by atomic mass is 15.0. The van der Waals surface area contributed by atoms with E-state index in [0.717, 1.165) is 29.0 Å². The first-order valence-corrected chi connectivity index (χ1v) is 8.47. The molecule has 0 amide bonds. The standard InChI is InChI=1S/C19H22N4/c1-4-12(2)18-10-21-19-13(3)22-17(11-23(18)19)16-7-15(8-20-9-16)14-5-6-14/h7-12,14H,4-6H2,1-3H3. The predicted octanol–water partition coefficient (Wildman–Crippen LogP) is 4.49. The first-order chi connectivity index (χ1) is 11.2. The molecule has 1 saturated carbocycles. The largest absolute Gasteiger partial charge is 0.300 e. The number of imidazole rings is 1. The lowest BCUT2D eigenvalue weighted by Crippen LogP contribution is -2.01. The van der Waals surface area contributed by atoms with Crippen molar-refractivity contribution in [3.8, 4) is 11.3 Å². The van der Waals surface area contributed by atoms with Gasteiger partial charge in [-0.15, -0.1) is 0 Å². The molecule has 0 aliphatic heterocycles. The number of fused-ring (bicyclic) bond motifs is 1. The summed E-state index contributed by atoms with van der Waals surface area (Å²) in [5, 5.41) is 0. The van der Waals surface area contributed by atoms with Gasteiger partial charge >= 0.3 is 0 Å². The Kier molecular flexibility index (Phi) is 3.40. The summed E-state index contributed by atoms with van der Waals surface area (Å²) < 4.78 is 2.20. The van der Waals surface area contributed by atoms with Gasteiger partial charge in [-0.1, -0.05) is 13.8 Å². The molecule has 0 radical (unpaired) electrons. The Balaban J connectivity index is 1.85. The molecular weight excluding hydrogens is 284 g/mol. The van der Waals surface area contributed by atoms with E-state index in [0.29, 0.717) is 11.8 Å². The predicted molar refractivity (Wildman–Crippen MR) is 91.6 cm³/mol. The highest BCUT2D eigenvalue weighted by molar-refractivity contribution is 5.61. The second kappa shape index (κ2) is 5.44. The van der Waals surface area contributed by atoms with Crippen molar-refractivity contribution in [1.29, 1.82) is 0 Å². The summed E-state index contributed by atoms with van der Waals surface area (Å²) >= 11 is 0. The minimum atomic E-state index is 0.482. The lowest BCUT2D eigenvalue weighted by molar-refractivity contribution is 0.699. The van der Waals surface area contributed by atoms with E-state index >= 15 is 0 Å². The van der Waals surface area contributed by atoms with Gasteiger partial charge in [-0.2, -0.15) is 0 Å². The zero-order valence-corrected chi connectivity index (χ0v) is 14.0. The molecule has 3 heterocycles. The van der Waals surface area contributed by atoms with Gasteiger partial charge in [0.25, 0.3) is 0 Å². The van der Waals surface area contributed by atoms with Crippen LogP contribution >= 0.6 is 0 Å². The van der Waals surface area contributed by atoms with E-state index in [1.54, 1.807) is 0 Å². The van der Waals surface area contributed by atoms with Crippen molar-refractivity contribution < 1.29 is 0 Å². The monoisotopic (exact) mass is 306 g/mol. The fourth-order valence-corrected chi connectivity index (χ4v) is 3.11. The first kappa shape index (κ1) is 14.4. The molecule has 0 saturated heterocycles. The topological polar surface area (TPSA) is 43.1 Å². The molecule has 4 heteroatoms. The zero-order valence-electron chi connectivity index (χ0n) is 14.0. The lowest BCUT2D eigenvalue weighted by atomic mass is 10.1. The van der Waals surface area contributed by atoms with Crippen molar-refractivity contribution in [3.05, 3.63) is 47.8 Å². The minimum Gasteiger partial charge on any atom is -0.300 e. The van der Waals surface area contributed by atoms with Crippen LogP contribution in [0.25, 0.3) is 16.9 Å². The van der Waals surface area contributed by atoms with Crippen LogP contribution < -0.4 is 0 Å². The quantitative estimate of drug-likeness (QED) is 0.713. The van der Waals surface area contributed by atoms with Crippen LogP contribution in [0.1, 0.15) is 61.9 Å². The summed E-state index contributed by atoms with van der Waals surface area (Å²) in [5.41, 5.74) is 6.59. The maximum Gasteiger partial charge on any atom is 0.158 e. The molecule has 118 valence electrons. The van der Waals surface area contributed by atoms with Gasteiger partial charge in [-0.3, -0.25) is 4.98 Å². The van der Waals surface area contributed by atoms with Gasteiger partial charge in [0.15, 0.2) is 5.65 Å². The van der Waals surface area contributed by atoms with Crippen molar-refractivity contribution in [1.82, 2.24) is 19.4 Å². The van der Waals surface area contributed by atoms with E-state index in [1.807, 2.05) is 25.5 Å². The summed E-state index contributed by atoms with van der Waals surface area (Å²) in [6.07, 6.45) is 11.7. The van der Waals surface area contributed by atoms with E-state index in [2.05, 4.69) is 40.5 Å². The fraction of sp³-hybridized carbons (Fsp3) is 0.421. The van der Waals surface area contributed by atoms with Gasteiger partial charge in [0.2, 0.25) is 0 Å². The third-order valence-corrected chi connectivity index (χ3v) is 4.91. The van der Waals surface area contributed by atoms with Crippen molar-refractivity contribution >= 4 is 5.65 Å². The molecule has 0 N–H and O–H groups in total. The van der Waals surface area contributed by atoms with E-state index in [1.165, 1.54) is 24.1 Å². The smallest absolute Gasteiger partial charge is 0.158 e. The third-order valence-electron chi connectivity index (χ3n) is 4.91. The highest BCUT2D eigenvalue weighted by Gasteiger charge is 2.24. The molecule has 1 aliphatic rings. The molecule has 0 spiro atoms. The number of aromatic nitrogens is 4. The number of nitrogens with zero attached hydrogens (tertiary/aromatic N) is 4. The molecular formula is C19H22N4. The highest BCUT2D eigenvalue weighted by Crippen LogP contribution is 2.40. The van der Waals surface area contributed by atoms with Crippen molar-refractivity contribution in [2.75, 3.05) is 0 Å². The van der Waals surface area contributed by atoms with Gasteiger partial charge < -0.3 is 4.40 Å². The van der Waals surface area contributed by atoms with Crippen molar-refractivity contribution in [3.63, 3.8) is 0 Å². The summed E-state index contributed by atoms with van der Waals surface area (Å²) in [6, 6.07) is 2.25. The number of pyridine rings is 1. The second-order valence-electron chi connectivity index (χ2n) is 6.68. The molecule has 0 bridgehead atoms. The van der Waals surface area contributed by atoms with Crippen LogP contribution in [0.5, 0.6) is 0 Å². The second-order valence-corrected chi connectivity index (χ2v) is 6.68. The molecule has 1 unspecified atom stereocenters. The number of hydrogen-bond acceptors (Lipinski definition) is 3. The van der Waals surface area contributed by atoms with Gasteiger partial charge in [0.05, 0.1) is 11.4 Å². The van der Waals surface area contributed by atoms with Crippen LogP contribution in [0.3, 0.4) is 0 Å². The van der Waals surface area contributed by atoms with E-state index in [4.69, 9.17) is 4.98 Å². The van der Waals surface area contributed by atoms with Gasteiger partial charge in [0.1, 0.15) is 0 Å². The summed E-state index contributed by atoms with van der Waals surface area (Å²) in [6.45, 7) is 6.49. The fourth-order valence-electron chi connectivity index (χ4n) is 3.11. The van der Waals surface area contributed by atoms with E-state index < -0.39 is 0 Å². The number of rotatable bonds is 4. The average Bonchev–Trinajstić information content (AvgIpc) is 3.34. The molecule has 3 aromatic rings. The Bertz CT molecular complexity index is 861. The molecule has 23 heavy (non-hydrogen) atoms. The summed E-state index contributed by atoms with van der Waals surface area (Å²) in [7, 11) is 0. The van der Waals surface area contributed by atoms with Crippen LogP contribution in [0.15, 0.2) is 30.9 Å². The minimum absolute atomic E-state index is 0.482. The summed E-state index contributed by atoms with van der Waals surface area (Å²) in [4.78, 5) is 13.8. The van der Waals surface area contributed by atoms with Gasteiger partial charge in [-0.25, -0.2) is 9.97 Å². The maximum atomic E-state index is 4.77. The van der Waals surface area contributed by atoms with E-state index in [9.17, 15) is 0 Å². The summed E-state index contributed by atoms with van der Waals surface area (Å²) in [5.74, 6) is 1.19. The Morgan fingerprint density at radius 3 is 2.83 bits per heavy atom. The Morgan fingerprint density at radius 1 is 1.26 bits per heavy atom. The van der Waals surface area contributed by atoms with Gasteiger partial charge in [0, 0.05) is 36.0 Å². The lowest BCUT2D eigenvalue weighted by Gasteiger charge is -2.11. The van der Waals surface area contributed by atoms with Crippen LogP contribution in [0.2, 0.25) is 0 Å². The SMILES string of the molecule is CCC(C)c1cnc2c(C)nc(-c3cncc(C4CC4)c3)cn12. The molecule has 1 aliphatic carbocycles. The van der Waals surface area contributed by atoms with Gasteiger partial charge in [-0.05, 0) is 49.7 Å². The Hall–Kier alpha value is -2.23. The van der Waals surface area contributed by atoms with Crippen LogP contribution in [-0.4, -0.2) is 19.4 Å². The molecule has 4 nitrogen and oxygen atoms in total. The average molecular weight is 306 g/mol. The van der Waals surface area contributed by atoms with Crippen LogP contribution in [0.4, 0.5) is 0 Å². The number of aryl methyl sites for hydroxylation is 1. The molecule has 0 aromatic carbocycles. The van der Waals surface area contributed by atoms with Crippen molar-refractivity contribution in [2.24, 2.45) is 0 Å². The zero-order chi connectivity index (χ0) is 16.0. The Morgan fingerprint density at radius 2 is 2.09 bits per heavy atom. The molecule has 1 atom stereocenters. The normalized spacial score (nSPS) is 16.0. The first-order valence-electron chi connectivity index (χ1n) is 8.47. The van der Waals surface area contributed by atoms with Crippen molar-refractivity contribution in [2.45, 2.75) is 51.9 Å².